The van der Waals surface area contributed by atoms with Crippen molar-refractivity contribution < 1.29 is 14.7 Å². The summed E-state index contributed by atoms with van der Waals surface area (Å²) < 4.78 is 1.31. The van der Waals surface area contributed by atoms with Gasteiger partial charge in [-0.25, -0.2) is 4.98 Å². The van der Waals surface area contributed by atoms with Crippen LogP contribution in [-0.4, -0.2) is 31.6 Å². The molecule has 26 heavy (non-hydrogen) atoms. The summed E-state index contributed by atoms with van der Waals surface area (Å²) in [7, 11) is 0. The summed E-state index contributed by atoms with van der Waals surface area (Å²) >= 11 is 0. The molecule has 136 valence electrons. The molecule has 1 aliphatic rings. The van der Waals surface area contributed by atoms with Crippen LogP contribution in [0.5, 0.6) is 0 Å². The van der Waals surface area contributed by atoms with Crippen molar-refractivity contribution in [3.05, 3.63) is 46.0 Å². The predicted molar refractivity (Wildman–Crippen MR) is 90.4 cm³/mol. The molecule has 0 spiro atoms. The Hall–Kier alpha value is -3.23. The van der Waals surface area contributed by atoms with Crippen LogP contribution in [0.4, 0.5) is 5.82 Å². The second kappa shape index (κ2) is 6.95. The fraction of sp³-hybridized carbons (Fsp3) is 0.353. The summed E-state index contributed by atoms with van der Waals surface area (Å²) in [6.07, 6.45) is 4.09. The molecule has 0 aliphatic heterocycles. The molecule has 9 nitrogen and oxygen atoms in total. The SMILES string of the molecule is Cc1cc(=O)[nH]c(-n2nc(C)cc2NC(=O)[C@@H]2CC=CC[C@@H]2C(=O)[O-])n1. The number of carbonyl (C=O) groups excluding carboxylic acids is 2. The van der Waals surface area contributed by atoms with Gasteiger partial charge in [0.25, 0.3) is 5.56 Å². The number of rotatable bonds is 4. The van der Waals surface area contributed by atoms with Gasteiger partial charge in [0, 0.05) is 29.7 Å². The summed E-state index contributed by atoms with van der Waals surface area (Å²) in [6.45, 7) is 3.40. The van der Waals surface area contributed by atoms with Crippen molar-refractivity contribution in [3.63, 3.8) is 0 Å². The number of aromatic amines is 1. The van der Waals surface area contributed by atoms with Gasteiger partial charge in [-0.05, 0) is 26.7 Å². The summed E-state index contributed by atoms with van der Waals surface area (Å²) in [5, 5.41) is 18.2. The lowest BCUT2D eigenvalue weighted by Crippen LogP contribution is -2.41. The van der Waals surface area contributed by atoms with Gasteiger partial charge in [-0.3, -0.25) is 14.6 Å². The van der Waals surface area contributed by atoms with Crippen molar-refractivity contribution >= 4 is 17.7 Å². The summed E-state index contributed by atoms with van der Waals surface area (Å²) in [6, 6.07) is 2.96. The highest BCUT2D eigenvalue weighted by Gasteiger charge is 2.30. The lowest BCUT2D eigenvalue weighted by atomic mass is 9.82. The van der Waals surface area contributed by atoms with Crippen molar-refractivity contribution in [1.29, 1.82) is 0 Å². The van der Waals surface area contributed by atoms with E-state index >= 15 is 0 Å². The largest absolute Gasteiger partial charge is 0.550 e. The highest BCUT2D eigenvalue weighted by molar-refractivity contribution is 5.94. The Balaban J connectivity index is 1.91. The number of H-pyrrole nitrogens is 1. The van der Waals surface area contributed by atoms with Crippen LogP contribution in [0.3, 0.4) is 0 Å². The molecule has 0 saturated carbocycles. The van der Waals surface area contributed by atoms with Crippen molar-refractivity contribution in [1.82, 2.24) is 19.7 Å². The zero-order valence-corrected chi connectivity index (χ0v) is 14.4. The van der Waals surface area contributed by atoms with Gasteiger partial charge in [0.15, 0.2) is 0 Å². The zero-order valence-electron chi connectivity index (χ0n) is 14.4. The van der Waals surface area contributed by atoms with E-state index in [0.29, 0.717) is 23.6 Å². The van der Waals surface area contributed by atoms with E-state index in [-0.39, 0.29) is 17.9 Å². The Morgan fingerprint density at radius 2 is 1.88 bits per heavy atom. The average Bonchev–Trinajstić information content (AvgIpc) is 2.94. The van der Waals surface area contributed by atoms with Gasteiger partial charge in [0.2, 0.25) is 11.9 Å². The summed E-state index contributed by atoms with van der Waals surface area (Å²) in [4.78, 5) is 42.4. The highest BCUT2D eigenvalue weighted by Crippen LogP contribution is 2.27. The van der Waals surface area contributed by atoms with Crippen LogP contribution >= 0.6 is 0 Å². The highest BCUT2D eigenvalue weighted by atomic mass is 16.4. The van der Waals surface area contributed by atoms with Gasteiger partial charge in [-0.1, -0.05) is 12.2 Å². The number of carboxylic acid groups (broad SMARTS) is 1. The molecule has 2 heterocycles. The van der Waals surface area contributed by atoms with E-state index < -0.39 is 23.7 Å². The molecular formula is C17H18N5O4-. The third-order valence-corrected chi connectivity index (χ3v) is 4.21. The smallest absolute Gasteiger partial charge is 0.252 e. The van der Waals surface area contributed by atoms with Crippen LogP contribution in [0.25, 0.3) is 5.95 Å². The number of allylic oxidation sites excluding steroid dienone is 2. The third kappa shape index (κ3) is 3.56. The first-order chi connectivity index (χ1) is 12.3. The summed E-state index contributed by atoms with van der Waals surface area (Å²) in [5.41, 5.74) is 0.764. The number of aryl methyl sites for hydroxylation is 2. The normalized spacial score (nSPS) is 19.3. The van der Waals surface area contributed by atoms with Gasteiger partial charge in [0.1, 0.15) is 5.82 Å². The molecule has 0 fully saturated rings. The number of carboxylic acids is 1. The predicted octanol–water partition coefficient (Wildman–Crippen LogP) is -0.157. The lowest BCUT2D eigenvalue weighted by molar-refractivity contribution is -0.313. The maximum Gasteiger partial charge on any atom is 0.252 e. The van der Waals surface area contributed by atoms with Crippen LogP contribution in [0, 0.1) is 25.7 Å². The Kier molecular flexibility index (Phi) is 4.70. The van der Waals surface area contributed by atoms with Crippen LogP contribution < -0.4 is 16.0 Å². The molecular weight excluding hydrogens is 338 g/mol. The molecule has 0 saturated heterocycles. The molecule has 0 aromatic carbocycles. The first kappa shape index (κ1) is 17.6. The standard InChI is InChI=1S/C17H19N5O4/c1-9-8-14(23)20-17(18-9)22-13(7-10(2)21-22)19-15(24)11-5-3-4-6-12(11)16(25)26/h3-4,7-8,11-12H,5-6H2,1-2H3,(H,19,24)(H,25,26)(H,18,20,23)/p-1/t11-,12+/m1/s1. The molecule has 2 aromatic heterocycles. The fourth-order valence-electron chi connectivity index (χ4n) is 3.00. The number of aromatic nitrogens is 4. The van der Waals surface area contributed by atoms with Crippen LogP contribution in [0.2, 0.25) is 0 Å². The summed E-state index contributed by atoms with van der Waals surface area (Å²) in [5.74, 6) is -2.84. The number of nitrogens with one attached hydrogen (secondary N) is 2. The van der Waals surface area contributed by atoms with Crippen molar-refractivity contribution in [2.75, 3.05) is 5.32 Å². The molecule has 3 rings (SSSR count). The molecule has 0 radical (unpaired) electrons. The van der Waals surface area contributed by atoms with E-state index in [1.54, 1.807) is 32.1 Å². The molecule has 1 amide bonds. The minimum Gasteiger partial charge on any atom is -0.550 e. The van der Waals surface area contributed by atoms with Crippen LogP contribution in [-0.2, 0) is 9.59 Å². The Bertz CT molecular complexity index is 943. The minimum atomic E-state index is -1.25. The lowest BCUT2D eigenvalue weighted by Gasteiger charge is -2.28. The molecule has 0 bridgehead atoms. The topological polar surface area (TPSA) is 133 Å². The van der Waals surface area contributed by atoms with E-state index in [9.17, 15) is 19.5 Å². The minimum absolute atomic E-state index is 0.165. The van der Waals surface area contributed by atoms with Gasteiger partial charge in [-0.15, -0.1) is 0 Å². The molecule has 9 heteroatoms. The molecule has 0 unspecified atom stereocenters. The number of hydrogen-bond donors (Lipinski definition) is 2. The Morgan fingerprint density at radius 1 is 1.19 bits per heavy atom. The molecule has 1 aliphatic carbocycles. The van der Waals surface area contributed by atoms with E-state index in [1.807, 2.05) is 0 Å². The zero-order chi connectivity index (χ0) is 18.8. The van der Waals surface area contributed by atoms with Crippen LogP contribution in [0.15, 0.2) is 29.1 Å². The molecule has 2 atom stereocenters. The van der Waals surface area contributed by atoms with E-state index in [4.69, 9.17) is 0 Å². The third-order valence-electron chi connectivity index (χ3n) is 4.21. The number of nitrogens with zero attached hydrogens (tertiary/aromatic N) is 3. The quantitative estimate of drug-likeness (QED) is 0.732. The number of aliphatic carboxylic acids is 1. The van der Waals surface area contributed by atoms with Gasteiger partial charge >= 0.3 is 0 Å². The Labute approximate surface area is 148 Å². The first-order valence-corrected chi connectivity index (χ1v) is 8.17. The van der Waals surface area contributed by atoms with Gasteiger partial charge in [0.05, 0.1) is 11.6 Å². The fourth-order valence-corrected chi connectivity index (χ4v) is 3.00. The number of amides is 1. The maximum atomic E-state index is 12.6. The number of carbonyl (C=O) groups is 2. The molecule has 2 aromatic rings. The average molecular weight is 356 g/mol. The molecule has 2 N–H and O–H groups in total. The monoisotopic (exact) mass is 356 g/mol. The number of hydrogen-bond acceptors (Lipinski definition) is 6. The first-order valence-electron chi connectivity index (χ1n) is 8.17. The van der Waals surface area contributed by atoms with Gasteiger partial charge in [-0.2, -0.15) is 9.78 Å². The maximum absolute atomic E-state index is 12.6. The van der Waals surface area contributed by atoms with Crippen molar-refractivity contribution in [2.24, 2.45) is 11.8 Å². The van der Waals surface area contributed by atoms with Crippen molar-refractivity contribution in [3.8, 4) is 5.95 Å². The van der Waals surface area contributed by atoms with Crippen molar-refractivity contribution in [2.45, 2.75) is 26.7 Å². The Morgan fingerprint density at radius 3 is 2.54 bits per heavy atom. The van der Waals surface area contributed by atoms with Crippen LogP contribution in [0.1, 0.15) is 24.2 Å². The second-order valence-corrected chi connectivity index (χ2v) is 6.26. The number of anilines is 1. The van der Waals surface area contributed by atoms with E-state index in [1.165, 1.54) is 10.7 Å². The van der Waals surface area contributed by atoms with E-state index in [2.05, 4.69) is 20.4 Å². The van der Waals surface area contributed by atoms with Gasteiger partial charge < -0.3 is 15.2 Å². The second-order valence-electron chi connectivity index (χ2n) is 6.26. The van der Waals surface area contributed by atoms with E-state index in [0.717, 1.165) is 0 Å².